The standard InChI is InChI=1S/C18H36N4O11/c19-2-6-9(24)12(27)13(28)18(30-6)33-16-5(21)1-4(20)15(14(16)29)32-17-8(22)11(26)10(25)7(3-23)31-17/h4-18,23-29H,1-3,19-22H2/t4-,5+,6-,7-,8-,9-,10-,11-,12+,13-,14-,15+,16-,17-,18-/m0/s1. The van der Waals surface area contributed by atoms with Crippen LogP contribution in [0.5, 0.6) is 0 Å². The molecule has 3 rings (SSSR count). The Hall–Kier alpha value is -0.600. The lowest BCUT2D eigenvalue weighted by atomic mass is 9.84. The Morgan fingerprint density at radius 1 is 0.667 bits per heavy atom. The van der Waals surface area contributed by atoms with Crippen LogP contribution in [0.2, 0.25) is 0 Å². The van der Waals surface area contributed by atoms with E-state index in [4.69, 9.17) is 41.9 Å². The van der Waals surface area contributed by atoms with E-state index in [1.807, 2.05) is 0 Å². The molecule has 194 valence electrons. The number of rotatable bonds is 6. The molecule has 1 aliphatic carbocycles. The summed E-state index contributed by atoms with van der Waals surface area (Å²) in [5.41, 5.74) is 23.6. The number of aliphatic hydroxyl groups excluding tert-OH is 7. The number of ether oxygens (including phenoxy) is 4. The first-order valence-electron chi connectivity index (χ1n) is 10.8. The minimum atomic E-state index is -1.66. The van der Waals surface area contributed by atoms with E-state index in [1.165, 1.54) is 0 Å². The molecule has 1 saturated carbocycles. The normalized spacial score (nSPS) is 53.7. The third kappa shape index (κ3) is 5.32. The van der Waals surface area contributed by atoms with Gasteiger partial charge >= 0.3 is 0 Å². The highest BCUT2D eigenvalue weighted by Gasteiger charge is 2.51. The van der Waals surface area contributed by atoms with E-state index in [2.05, 4.69) is 0 Å². The Morgan fingerprint density at radius 3 is 1.73 bits per heavy atom. The third-order valence-electron chi connectivity index (χ3n) is 6.47. The number of hydrogen-bond donors (Lipinski definition) is 11. The van der Waals surface area contributed by atoms with E-state index < -0.39 is 98.4 Å². The van der Waals surface area contributed by atoms with Crippen molar-refractivity contribution in [2.75, 3.05) is 13.2 Å². The molecule has 0 aromatic rings. The lowest BCUT2D eigenvalue weighted by molar-refractivity contribution is -0.328. The Bertz CT molecular complexity index is 584. The van der Waals surface area contributed by atoms with Gasteiger partial charge in [0.05, 0.1) is 12.6 Å². The first-order chi connectivity index (χ1) is 15.5. The fourth-order valence-corrected chi connectivity index (χ4v) is 4.40. The van der Waals surface area contributed by atoms with Crippen LogP contribution in [0.3, 0.4) is 0 Å². The largest absolute Gasteiger partial charge is 0.394 e. The Morgan fingerprint density at radius 2 is 1.18 bits per heavy atom. The van der Waals surface area contributed by atoms with Crippen molar-refractivity contribution in [3.8, 4) is 0 Å². The van der Waals surface area contributed by atoms with E-state index in [-0.39, 0.29) is 13.0 Å². The number of hydrogen-bond acceptors (Lipinski definition) is 15. The molecule has 0 aromatic heterocycles. The predicted octanol–water partition coefficient (Wildman–Crippen LogP) is -7.29. The van der Waals surface area contributed by atoms with E-state index >= 15 is 0 Å². The molecule has 0 spiro atoms. The average molecular weight is 485 g/mol. The van der Waals surface area contributed by atoms with Gasteiger partial charge in [-0.2, -0.15) is 0 Å². The van der Waals surface area contributed by atoms with Gasteiger partial charge in [0, 0.05) is 18.6 Å². The van der Waals surface area contributed by atoms with Crippen molar-refractivity contribution in [3.63, 3.8) is 0 Å². The minimum absolute atomic E-state index is 0.0945. The summed E-state index contributed by atoms with van der Waals surface area (Å²) in [6.45, 7) is -0.786. The molecular formula is C18H36N4O11. The van der Waals surface area contributed by atoms with Crippen molar-refractivity contribution >= 4 is 0 Å². The van der Waals surface area contributed by atoms with Crippen molar-refractivity contribution in [2.45, 2.75) is 98.2 Å². The summed E-state index contributed by atoms with van der Waals surface area (Å²) in [5.74, 6) is 0. The van der Waals surface area contributed by atoms with Crippen molar-refractivity contribution in [1.82, 2.24) is 0 Å². The maximum atomic E-state index is 10.9. The first-order valence-corrected chi connectivity index (χ1v) is 10.8. The van der Waals surface area contributed by atoms with Crippen LogP contribution in [0.4, 0.5) is 0 Å². The molecule has 15 atom stereocenters. The highest BCUT2D eigenvalue weighted by molar-refractivity contribution is 5.01. The van der Waals surface area contributed by atoms with Gasteiger partial charge in [-0.05, 0) is 6.42 Å². The SMILES string of the molecule is NC[C@@H]1O[C@@H](O[C@@H]2[C@@H](O)[C@H](O[C@@H]3O[C@@H](CO)[C@H](O)[C@@H](O)[C@@H]3N)[C@@H](N)C[C@H]2N)[C@@H](O)[C@H](O)[C@H]1O. The molecule has 0 radical (unpaired) electrons. The number of aliphatic hydroxyl groups is 7. The van der Waals surface area contributed by atoms with Gasteiger partial charge in [0.1, 0.15) is 61.0 Å². The van der Waals surface area contributed by atoms with E-state index in [0.29, 0.717) is 0 Å². The molecule has 0 aromatic carbocycles. The van der Waals surface area contributed by atoms with Gasteiger partial charge in [-0.15, -0.1) is 0 Å². The van der Waals surface area contributed by atoms with Gasteiger partial charge in [-0.25, -0.2) is 0 Å². The molecule has 33 heavy (non-hydrogen) atoms. The second kappa shape index (κ2) is 11.0. The van der Waals surface area contributed by atoms with E-state index in [0.717, 1.165) is 0 Å². The second-order valence-corrected chi connectivity index (χ2v) is 8.79. The average Bonchev–Trinajstić information content (AvgIpc) is 2.79. The van der Waals surface area contributed by atoms with Crippen LogP contribution < -0.4 is 22.9 Å². The van der Waals surface area contributed by atoms with Gasteiger partial charge in [-0.1, -0.05) is 0 Å². The van der Waals surface area contributed by atoms with E-state index in [1.54, 1.807) is 0 Å². The Balaban J connectivity index is 1.72. The summed E-state index contributed by atoms with van der Waals surface area (Å²) in [6.07, 6.45) is -16.4. The van der Waals surface area contributed by atoms with Crippen LogP contribution in [0.15, 0.2) is 0 Å². The molecule has 2 aliphatic heterocycles. The number of nitrogens with two attached hydrogens (primary N) is 4. The maximum absolute atomic E-state index is 10.9. The Kier molecular flexibility index (Phi) is 8.99. The molecule has 3 aliphatic rings. The summed E-state index contributed by atoms with van der Waals surface area (Å²) < 4.78 is 22.3. The fourth-order valence-electron chi connectivity index (χ4n) is 4.40. The molecule has 15 nitrogen and oxygen atoms in total. The van der Waals surface area contributed by atoms with Crippen molar-refractivity contribution in [1.29, 1.82) is 0 Å². The molecule has 0 unspecified atom stereocenters. The lowest BCUT2D eigenvalue weighted by Gasteiger charge is -2.48. The zero-order chi connectivity index (χ0) is 24.6. The van der Waals surface area contributed by atoms with Crippen LogP contribution in [0.25, 0.3) is 0 Å². The van der Waals surface area contributed by atoms with Crippen molar-refractivity contribution < 1.29 is 54.7 Å². The van der Waals surface area contributed by atoms with E-state index in [9.17, 15) is 35.7 Å². The molecule has 3 fully saturated rings. The lowest BCUT2D eigenvalue weighted by Crippen LogP contribution is -2.68. The molecular weight excluding hydrogens is 448 g/mol. The summed E-state index contributed by atoms with van der Waals surface area (Å²) >= 11 is 0. The van der Waals surface area contributed by atoms with Crippen LogP contribution in [-0.4, -0.2) is 141 Å². The van der Waals surface area contributed by atoms with Gasteiger partial charge < -0.3 is 77.6 Å². The van der Waals surface area contributed by atoms with Crippen molar-refractivity contribution in [3.05, 3.63) is 0 Å². The molecule has 15 heteroatoms. The molecule has 0 bridgehead atoms. The maximum Gasteiger partial charge on any atom is 0.187 e. The highest BCUT2D eigenvalue weighted by atomic mass is 16.7. The van der Waals surface area contributed by atoms with Gasteiger partial charge in [0.15, 0.2) is 12.6 Å². The smallest absolute Gasteiger partial charge is 0.187 e. The molecule has 2 heterocycles. The predicted molar refractivity (Wildman–Crippen MR) is 108 cm³/mol. The molecule has 2 saturated heterocycles. The molecule has 0 amide bonds. The monoisotopic (exact) mass is 484 g/mol. The summed E-state index contributed by atoms with van der Waals surface area (Å²) in [5, 5.41) is 70.6. The van der Waals surface area contributed by atoms with Crippen LogP contribution in [0, 0.1) is 0 Å². The quantitative estimate of drug-likeness (QED) is 0.167. The highest BCUT2D eigenvalue weighted by Crippen LogP contribution is 2.31. The zero-order valence-electron chi connectivity index (χ0n) is 17.9. The van der Waals surface area contributed by atoms with Gasteiger partial charge in [0.25, 0.3) is 0 Å². The fraction of sp³-hybridized carbons (Fsp3) is 1.00. The summed E-state index contributed by atoms with van der Waals surface area (Å²) in [6, 6.07) is -2.87. The summed E-state index contributed by atoms with van der Waals surface area (Å²) in [7, 11) is 0. The summed E-state index contributed by atoms with van der Waals surface area (Å²) in [4.78, 5) is 0. The van der Waals surface area contributed by atoms with Gasteiger partial charge in [0.2, 0.25) is 0 Å². The minimum Gasteiger partial charge on any atom is -0.394 e. The van der Waals surface area contributed by atoms with Crippen LogP contribution in [-0.2, 0) is 18.9 Å². The zero-order valence-corrected chi connectivity index (χ0v) is 17.9. The molecule has 15 N–H and O–H groups in total. The second-order valence-electron chi connectivity index (χ2n) is 8.79. The third-order valence-corrected chi connectivity index (χ3v) is 6.47. The van der Waals surface area contributed by atoms with Gasteiger partial charge in [-0.3, -0.25) is 0 Å². The topological polar surface area (TPSA) is 283 Å². The first kappa shape index (κ1) is 27.0. The van der Waals surface area contributed by atoms with Crippen LogP contribution >= 0.6 is 0 Å². The van der Waals surface area contributed by atoms with Crippen molar-refractivity contribution in [2.24, 2.45) is 22.9 Å². The van der Waals surface area contributed by atoms with Crippen LogP contribution in [0.1, 0.15) is 6.42 Å². The Labute approximate surface area is 189 Å².